The van der Waals surface area contributed by atoms with Gasteiger partial charge in [0.05, 0.1) is 25.4 Å². The van der Waals surface area contributed by atoms with Crippen LogP contribution in [0.25, 0.3) is 0 Å². The lowest BCUT2D eigenvalue weighted by molar-refractivity contribution is -0.194. The van der Waals surface area contributed by atoms with Crippen LogP contribution in [0.2, 0.25) is 0 Å². The second kappa shape index (κ2) is 11.5. The van der Waals surface area contributed by atoms with Gasteiger partial charge in [-0.25, -0.2) is 0 Å². The van der Waals surface area contributed by atoms with E-state index < -0.39 is 0 Å². The highest BCUT2D eigenvalue weighted by Gasteiger charge is 2.42. The fourth-order valence-electron chi connectivity index (χ4n) is 5.70. The summed E-state index contributed by atoms with van der Waals surface area (Å²) in [7, 11) is 0. The molecule has 0 radical (unpaired) electrons. The molecule has 0 aliphatic carbocycles. The van der Waals surface area contributed by atoms with E-state index in [2.05, 4.69) is 97.4 Å². The zero-order valence-electron chi connectivity index (χ0n) is 21.6. The Labute approximate surface area is 224 Å². The molecular weight excluding hydrogens is 512 g/mol. The Morgan fingerprint density at radius 1 is 0.944 bits per heavy atom. The summed E-state index contributed by atoms with van der Waals surface area (Å²) in [5.41, 5.74) is 6.30. The first-order valence-electron chi connectivity index (χ1n) is 13.4. The van der Waals surface area contributed by atoms with E-state index in [1.807, 2.05) is 6.07 Å². The van der Waals surface area contributed by atoms with Gasteiger partial charge in [0.15, 0.2) is 0 Å². The van der Waals surface area contributed by atoms with Crippen molar-refractivity contribution >= 4 is 15.9 Å². The Balaban J connectivity index is 1.41. The molecule has 3 aromatic carbocycles. The Morgan fingerprint density at radius 2 is 1.78 bits per heavy atom. The lowest BCUT2D eigenvalue weighted by Gasteiger charge is -2.45. The molecule has 3 aromatic rings. The quantitative estimate of drug-likeness (QED) is 0.298. The van der Waals surface area contributed by atoms with Gasteiger partial charge in [0, 0.05) is 4.47 Å². The molecule has 2 aliphatic heterocycles. The average molecular weight is 550 g/mol. The third kappa shape index (κ3) is 5.56. The standard InChI is InChI=1S/C32H37BrO3/c1-4-29-21(2)22(3)31(35-20-23-9-6-5-7-10-23)32(36-29)26-13-14-28(33)27(19-26)18-24-12-15-30-25(17-24)11-8-16-34-30/h5-7,9-10,12-15,17,19,21-22,29,31-32H,4,8,11,16,18,20H2,1-3H3/t21-,22-,29+,31+,32?/m0/s1. The third-order valence-electron chi connectivity index (χ3n) is 8.01. The molecule has 1 saturated heterocycles. The highest BCUT2D eigenvalue weighted by Crippen LogP contribution is 2.42. The molecule has 1 unspecified atom stereocenters. The van der Waals surface area contributed by atoms with Crippen LogP contribution in [0.5, 0.6) is 5.75 Å². The SMILES string of the molecule is CC[C@H]1OC(c2ccc(Br)c(Cc3ccc4c(c3)CCCO4)c2)[C@H](OCc2ccccc2)[C@@H](C)[C@@H]1C. The summed E-state index contributed by atoms with van der Waals surface area (Å²) in [4.78, 5) is 0. The minimum absolute atomic E-state index is 0.00192. The van der Waals surface area contributed by atoms with Crippen LogP contribution in [0.15, 0.2) is 71.2 Å². The monoisotopic (exact) mass is 548 g/mol. The van der Waals surface area contributed by atoms with Gasteiger partial charge in [0.2, 0.25) is 0 Å². The van der Waals surface area contributed by atoms with Crippen LogP contribution in [0, 0.1) is 11.8 Å². The summed E-state index contributed by atoms with van der Waals surface area (Å²) >= 11 is 3.81. The fraction of sp³-hybridized carbons (Fsp3) is 0.438. The van der Waals surface area contributed by atoms with Crippen molar-refractivity contribution in [1.82, 2.24) is 0 Å². The summed E-state index contributed by atoms with van der Waals surface area (Å²) in [6.07, 6.45) is 4.20. The molecule has 0 bridgehead atoms. The van der Waals surface area contributed by atoms with E-state index in [1.165, 1.54) is 27.8 Å². The number of rotatable bonds is 7. The first kappa shape index (κ1) is 25.5. The number of hydrogen-bond donors (Lipinski definition) is 0. The van der Waals surface area contributed by atoms with E-state index in [0.29, 0.717) is 18.4 Å². The normalized spacial score (nSPS) is 25.7. The van der Waals surface area contributed by atoms with E-state index in [0.717, 1.165) is 42.5 Å². The van der Waals surface area contributed by atoms with Gasteiger partial charge >= 0.3 is 0 Å². The van der Waals surface area contributed by atoms with E-state index in [1.54, 1.807) is 0 Å². The smallest absolute Gasteiger partial charge is 0.122 e. The third-order valence-corrected chi connectivity index (χ3v) is 8.78. The summed E-state index contributed by atoms with van der Waals surface area (Å²) in [6, 6.07) is 23.8. The van der Waals surface area contributed by atoms with Crippen molar-refractivity contribution in [3.63, 3.8) is 0 Å². The van der Waals surface area contributed by atoms with Gasteiger partial charge in [0.1, 0.15) is 11.9 Å². The molecule has 1 fully saturated rings. The largest absolute Gasteiger partial charge is 0.493 e. The van der Waals surface area contributed by atoms with Crippen LogP contribution in [0.4, 0.5) is 0 Å². The van der Waals surface area contributed by atoms with Crippen LogP contribution in [-0.4, -0.2) is 18.8 Å². The lowest BCUT2D eigenvalue weighted by atomic mass is 9.78. The molecular formula is C32H37BrO3. The number of fused-ring (bicyclic) bond motifs is 1. The van der Waals surface area contributed by atoms with Crippen molar-refractivity contribution < 1.29 is 14.2 Å². The number of hydrogen-bond acceptors (Lipinski definition) is 3. The molecule has 0 spiro atoms. The van der Waals surface area contributed by atoms with Crippen LogP contribution in [-0.2, 0) is 28.9 Å². The van der Waals surface area contributed by atoms with Crippen molar-refractivity contribution in [2.45, 2.75) is 71.4 Å². The zero-order chi connectivity index (χ0) is 25.1. The minimum Gasteiger partial charge on any atom is -0.493 e. The van der Waals surface area contributed by atoms with Crippen LogP contribution >= 0.6 is 15.9 Å². The Morgan fingerprint density at radius 3 is 2.58 bits per heavy atom. The van der Waals surface area contributed by atoms with Crippen molar-refractivity contribution in [3.05, 3.63) is 99.0 Å². The average Bonchev–Trinajstić information content (AvgIpc) is 2.91. The molecule has 0 amide bonds. The predicted molar refractivity (Wildman–Crippen MR) is 148 cm³/mol. The summed E-state index contributed by atoms with van der Waals surface area (Å²) in [5, 5.41) is 0. The fourth-order valence-corrected chi connectivity index (χ4v) is 6.08. The number of halogens is 1. The van der Waals surface area contributed by atoms with Crippen molar-refractivity contribution in [2.75, 3.05) is 6.61 Å². The maximum Gasteiger partial charge on any atom is 0.122 e. The minimum atomic E-state index is -0.0892. The molecule has 0 saturated carbocycles. The van der Waals surface area contributed by atoms with E-state index >= 15 is 0 Å². The van der Waals surface area contributed by atoms with Gasteiger partial charge in [-0.15, -0.1) is 0 Å². The maximum absolute atomic E-state index is 6.77. The Kier molecular flexibility index (Phi) is 8.15. The molecule has 36 heavy (non-hydrogen) atoms. The highest BCUT2D eigenvalue weighted by molar-refractivity contribution is 9.10. The van der Waals surface area contributed by atoms with Crippen LogP contribution < -0.4 is 4.74 Å². The van der Waals surface area contributed by atoms with Gasteiger partial charge in [0.25, 0.3) is 0 Å². The van der Waals surface area contributed by atoms with Gasteiger partial charge in [-0.1, -0.05) is 91.3 Å². The van der Waals surface area contributed by atoms with Gasteiger partial charge in [-0.2, -0.15) is 0 Å². The van der Waals surface area contributed by atoms with E-state index in [-0.39, 0.29) is 18.3 Å². The van der Waals surface area contributed by atoms with Crippen LogP contribution in [0.3, 0.4) is 0 Å². The lowest BCUT2D eigenvalue weighted by Crippen LogP contribution is -2.45. The zero-order valence-corrected chi connectivity index (χ0v) is 23.2. The van der Waals surface area contributed by atoms with Gasteiger partial charge in [-0.3, -0.25) is 0 Å². The van der Waals surface area contributed by atoms with Crippen LogP contribution in [0.1, 0.15) is 67.5 Å². The maximum atomic E-state index is 6.77. The molecule has 5 atom stereocenters. The molecule has 2 heterocycles. The predicted octanol–water partition coefficient (Wildman–Crippen LogP) is 8.07. The van der Waals surface area contributed by atoms with Crippen molar-refractivity contribution in [3.8, 4) is 5.75 Å². The van der Waals surface area contributed by atoms with E-state index in [4.69, 9.17) is 14.2 Å². The summed E-state index contributed by atoms with van der Waals surface area (Å²) in [5.74, 6) is 1.88. The first-order chi connectivity index (χ1) is 17.5. The topological polar surface area (TPSA) is 27.7 Å². The number of benzene rings is 3. The summed E-state index contributed by atoms with van der Waals surface area (Å²) < 4.78 is 20.3. The Bertz CT molecular complexity index is 1160. The molecule has 2 aliphatic rings. The molecule has 3 nitrogen and oxygen atoms in total. The van der Waals surface area contributed by atoms with E-state index in [9.17, 15) is 0 Å². The highest BCUT2D eigenvalue weighted by atomic mass is 79.9. The number of aryl methyl sites for hydroxylation is 1. The first-order valence-corrected chi connectivity index (χ1v) is 14.2. The Hall–Kier alpha value is -2.14. The number of ether oxygens (including phenoxy) is 3. The van der Waals surface area contributed by atoms with Crippen molar-refractivity contribution in [1.29, 1.82) is 0 Å². The second-order valence-electron chi connectivity index (χ2n) is 10.4. The second-order valence-corrected chi connectivity index (χ2v) is 11.3. The molecule has 0 N–H and O–H groups in total. The molecule has 0 aromatic heterocycles. The van der Waals surface area contributed by atoms with Crippen molar-refractivity contribution in [2.24, 2.45) is 11.8 Å². The van der Waals surface area contributed by atoms with Gasteiger partial charge < -0.3 is 14.2 Å². The summed E-state index contributed by atoms with van der Waals surface area (Å²) in [6.45, 7) is 8.28. The van der Waals surface area contributed by atoms with Gasteiger partial charge in [-0.05, 0) is 77.5 Å². The molecule has 5 rings (SSSR count). The molecule has 4 heteroatoms. The molecule has 190 valence electrons.